The molecule has 22 heteroatoms. The molecule has 0 radical (unpaired) electrons. The number of alkyl halides is 9. The molecule has 2 aromatic rings. The Bertz CT molecular complexity index is 1950. The van der Waals surface area contributed by atoms with Crippen LogP contribution in [0.5, 0.6) is 11.5 Å². The largest absolute Gasteiger partial charge is 0.451 e. The van der Waals surface area contributed by atoms with Gasteiger partial charge in [-0.3, -0.25) is 0 Å². The van der Waals surface area contributed by atoms with E-state index in [4.69, 9.17) is 23.7 Å². The van der Waals surface area contributed by atoms with Gasteiger partial charge in [-0.1, -0.05) is 34.6 Å². The highest BCUT2D eigenvalue weighted by molar-refractivity contribution is 8.76. The molecule has 2 aromatic carbocycles. The van der Waals surface area contributed by atoms with Gasteiger partial charge in [-0.05, 0) is 152 Å². The van der Waals surface area contributed by atoms with Crippen LogP contribution in [0.15, 0.2) is 18.2 Å². The van der Waals surface area contributed by atoms with Crippen molar-refractivity contribution in [3.05, 3.63) is 58.2 Å². The van der Waals surface area contributed by atoms with Crippen LogP contribution in [0.25, 0.3) is 0 Å². The maximum Gasteiger partial charge on any atom is 0.435 e. The van der Waals surface area contributed by atoms with E-state index in [9.17, 15) is 39.5 Å². The summed E-state index contributed by atoms with van der Waals surface area (Å²) in [5, 5.41) is 0. The first-order valence-corrected chi connectivity index (χ1v) is 27.1. The summed E-state index contributed by atoms with van der Waals surface area (Å²) in [5.41, 5.74) is -5.72. The van der Waals surface area contributed by atoms with Gasteiger partial charge in [0.1, 0.15) is 5.75 Å². The minimum Gasteiger partial charge on any atom is -0.451 e. The maximum absolute atomic E-state index is 15.5. The summed E-state index contributed by atoms with van der Waals surface area (Å²) in [6.45, 7) is 10.7. The Hall–Kier alpha value is -2.21. The Balaban J connectivity index is 1.06. The number of nitrogens with zero attached hydrogens (tertiary/aromatic N) is 1. The third kappa shape index (κ3) is 14.8. The molecule has 0 aliphatic heterocycles. The maximum atomic E-state index is 15.5. The Labute approximate surface area is 422 Å². The topological polar surface area (TPSA) is 58.6 Å². The zero-order valence-electron chi connectivity index (χ0n) is 41.5. The minimum atomic E-state index is -6.81. The predicted octanol–water partition coefficient (Wildman–Crippen LogP) is 14.6. The van der Waals surface area contributed by atoms with Gasteiger partial charge in [0, 0.05) is 42.7 Å². The van der Waals surface area contributed by atoms with Crippen LogP contribution in [0.2, 0.25) is 0 Å². The number of halogens is 13. The van der Waals surface area contributed by atoms with Gasteiger partial charge in [0.25, 0.3) is 0 Å². The average Bonchev–Trinajstić information content (AvgIpc) is 3.63. The highest BCUT2D eigenvalue weighted by atomic mass is 33.1. The van der Waals surface area contributed by atoms with E-state index in [1.54, 1.807) is 45.7 Å². The number of hydrogen-bond acceptors (Lipinski definition) is 9. The van der Waals surface area contributed by atoms with Crippen molar-refractivity contribution in [2.24, 2.45) is 23.2 Å². The lowest BCUT2D eigenvalue weighted by molar-refractivity contribution is -0.457. The Morgan fingerprint density at radius 1 is 0.722 bits per heavy atom. The molecule has 3 aliphatic carbocycles. The van der Waals surface area contributed by atoms with Crippen LogP contribution in [0.1, 0.15) is 115 Å². The van der Waals surface area contributed by atoms with Crippen LogP contribution in [0, 0.1) is 46.4 Å². The fourth-order valence-electron chi connectivity index (χ4n) is 10.5. The van der Waals surface area contributed by atoms with Gasteiger partial charge in [-0.2, -0.15) is 48.3 Å². The molecule has 7 nitrogen and oxygen atoms in total. The SMILES string of the molecule is CC(C)OCC(CCCOCCSSCCCN(C)Cc1c(F)c(F)c(Oc2ccc3c(c2)CCC2C3CCC3(C)C(OCCCOC(C(F)(F)F)(C(F)(F)F)C(F)(F)F)CCC23)c(F)c1F)COC(C)C. The summed E-state index contributed by atoms with van der Waals surface area (Å²) in [4.78, 5) is 1.59. The second kappa shape index (κ2) is 26.2. The lowest BCUT2D eigenvalue weighted by Crippen LogP contribution is -2.67. The summed E-state index contributed by atoms with van der Waals surface area (Å²) >= 11 is 0. The van der Waals surface area contributed by atoms with Crippen LogP contribution in [0.3, 0.4) is 0 Å². The first kappa shape index (κ1) is 60.7. The van der Waals surface area contributed by atoms with Crippen molar-refractivity contribution in [1.82, 2.24) is 4.90 Å². The van der Waals surface area contributed by atoms with E-state index in [1.807, 2.05) is 34.6 Å². The first-order chi connectivity index (χ1) is 33.7. The minimum absolute atomic E-state index is 0.0169. The van der Waals surface area contributed by atoms with E-state index >= 15 is 17.6 Å². The van der Waals surface area contributed by atoms with Crippen molar-refractivity contribution in [2.45, 2.75) is 154 Å². The summed E-state index contributed by atoms with van der Waals surface area (Å²) < 4.78 is 213. The van der Waals surface area contributed by atoms with Gasteiger partial charge in [0.2, 0.25) is 17.4 Å². The van der Waals surface area contributed by atoms with E-state index in [0.717, 1.165) is 35.5 Å². The van der Waals surface area contributed by atoms with Gasteiger partial charge < -0.3 is 33.3 Å². The quantitative estimate of drug-likeness (QED) is 0.0359. The predicted molar refractivity (Wildman–Crippen MR) is 250 cm³/mol. The molecule has 5 unspecified atom stereocenters. The van der Waals surface area contributed by atoms with E-state index in [1.165, 1.54) is 6.07 Å². The molecule has 0 saturated heterocycles. The van der Waals surface area contributed by atoms with Gasteiger partial charge in [-0.15, -0.1) is 0 Å². The van der Waals surface area contributed by atoms with Gasteiger partial charge in [0.15, 0.2) is 11.6 Å². The van der Waals surface area contributed by atoms with E-state index in [2.05, 4.69) is 4.74 Å². The van der Waals surface area contributed by atoms with E-state index in [0.29, 0.717) is 83.8 Å². The number of benzene rings is 2. The lowest BCUT2D eigenvalue weighted by Gasteiger charge is -2.50. The Morgan fingerprint density at radius 3 is 1.96 bits per heavy atom. The molecule has 0 bridgehead atoms. The summed E-state index contributed by atoms with van der Waals surface area (Å²) in [7, 11) is 4.90. The van der Waals surface area contributed by atoms with Crippen LogP contribution >= 0.6 is 21.6 Å². The molecular weight excluding hydrogens is 1020 g/mol. The molecule has 0 amide bonds. The number of aryl methyl sites for hydroxylation is 1. The monoisotopic (exact) mass is 1090 g/mol. The molecule has 5 atom stereocenters. The normalized spacial score (nSPS) is 21.8. The Kier molecular flexibility index (Phi) is 22.1. The molecule has 5 rings (SSSR count). The molecule has 72 heavy (non-hydrogen) atoms. The van der Waals surface area contributed by atoms with Crippen molar-refractivity contribution in [3.63, 3.8) is 0 Å². The van der Waals surface area contributed by atoms with Crippen molar-refractivity contribution < 1.29 is 85.5 Å². The second-order valence-electron chi connectivity index (χ2n) is 19.9. The number of fused-ring (bicyclic) bond motifs is 5. The van der Waals surface area contributed by atoms with Gasteiger partial charge in [0.05, 0.1) is 44.7 Å². The van der Waals surface area contributed by atoms with Crippen molar-refractivity contribution >= 4 is 21.6 Å². The molecule has 2 fully saturated rings. The molecule has 0 aromatic heterocycles. The fraction of sp³-hybridized carbons (Fsp3) is 0.760. The number of hydrogen-bond donors (Lipinski definition) is 0. The fourth-order valence-corrected chi connectivity index (χ4v) is 12.4. The number of ether oxygens (including phenoxy) is 6. The van der Waals surface area contributed by atoms with Crippen molar-refractivity contribution in [1.29, 1.82) is 0 Å². The molecular formula is C50H68F13NO6S2. The molecule has 0 N–H and O–H groups in total. The van der Waals surface area contributed by atoms with E-state index < -0.39 is 89.9 Å². The highest BCUT2D eigenvalue weighted by Crippen LogP contribution is 2.62. The molecule has 412 valence electrons. The first-order valence-electron chi connectivity index (χ1n) is 24.6. The Morgan fingerprint density at radius 2 is 1.35 bits per heavy atom. The summed E-state index contributed by atoms with van der Waals surface area (Å²) in [6.07, 6.45) is -15.0. The van der Waals surface area contributed by atoms with Crippen molar-refractivity contribution in [3.8, 4) is 11.5 Å². The van der Waals surface area contributed by atoms with E-state index in [-0.39, 0.29) is 42.3 Å². The van der Waals surface area contributed by atoms with Gasteiger partial charge in [-0.25, -0.2) is 8.78 Å². The standard InChI is InChI=1S/C50H68F13NO6S2/c1-30(2)67-28-32(29-68-31(3)4)10-7-20-65-23-25-72-71-24-8-19-64(6)27-38-41(51)43(53)45(44(54)42(38)52)70-34-12-14-35-33(26-34)11-13-37-36(35)17-18-46(5)39(37)15-16-40(46)66-21-9-22-69-47(48(55,56)57,49(58,59)60)50(61,62)63/h12,14,26,30-32,36-37,39-40H,7-11,13,15-25,27-29H2,1-6H3. The van der Waals surface area contributed by atoms with Crippen molar-refractivity contribution in [2.75, 3.05) is 64.7 Å². The van der Waals surface area contributed by atoms with Gasteiger partial charge >= 0.3 is 24.1 Å². The third-order valence-electron chi connectivity index (χ3n) is 14.1. The van der Waals surface area contributed by atoms with Crippen LogP contribution in [-0.4, -0.2) is 112 Å². The molecule has 2 saturated carbocycles. The highest BCUT2D eigenvalue weighted by Gasteiger charge is 2.85. The second-order valence-corrected chi connectivity index (χ2v) is 22.6. The molecule has 0 spiro atoms. The molecule has 3 aliphatic rings. The summed E-state index contributed by atoms with van der Waals surface area (Å²) in [5.74, 6) is -5.50. The van der Waals surface area contributed by atoms with Crippen LogP contribution < -0.4 is 4.74 Å². The third-order valence-corrected chi connectivity index (χ3v) is 16.5. The lowest BCUT2D eigenvalue weighted by atomic mass is 9.55. The number of rotatable bonds is 28. The molecule has 0 heterocycles. The summed E-state index contributed by atoms with van der Waals surface area (Å²) in [6, 6.07) is 4.84. The van der Waals surface area contributed by atoms with Crippen LogP contribution in [0.4, 0.5) is 57.1 Å². The van der Waals surface area contributed by atoms with Crippen LogP contribution in [-0.2, 0) is 36.6 Å². The smallest absolute Gasteiger partial charge is 0.435 e. The average molecular weight is 1090 g/mol. The zero-order chi connectivity index (χ0) is 53.2. The zero-order valence-corrected chi connectivity index (χ0v) is 43.2.